The second kappa shape index (κ2) is 6.80. The Kier molecular flexibility index (Phi) is 5.97. The number of hydrogen-bond donors (Lipinski definition) is 0. The van der Waals surface area contributed by atoms with E-state index in [1.165, 1.54) is 0 Å². The minimum absolute atomic E-state index is 4.76. The van der Waals surface area contributed by atoms with E-state index in [-0.39, 0.29) is 0 Å². The third-order valence-corrected chi connectivity index (χ3v) is 3.89. The van der Waals surface area contributed by atoms with Crippen molar-refractivity contribution in [2.45, 2.75) is 47.6 Å². The molecule has 1 rings (SSSR count). The molecule has 0 nitrogen and oxygen atoms in total. The molecule has 0 saturated carbocycles. The molecule has 0 spiro atoms. The van der Waals surface area contributed by atoms with E-state index < -0.39 is 70.7 Å². The van der Waals surface area contributed by atoms with Crippen molar-refractivity contribution in [2.75, 3.05) is 0 Å². The Balaban J connectivity index is 4.13. The first kappa shape index (κ1) is 28.1. The van der Waals surface area contributed by atoms with E-state index in [1.54, 1.807) is 0 Å². The zero-order valence-electron chi connectivity index (χ0n) is 13.6. The third kappa shape index (κ3) is 3.06. The summed E-state index contributed by atoms with van der Waals surface area (Å²) in [5.74, 6) is -61.0. The zero-order valence-corrected chi connectivity index (χ0v) is 13.6. The molecular formula is C12F20. The summed E-state index contributed by atoms with van der Waals surface area (Å²) in [6.07, 6.45) is -12.6. The monoisotopic (exact) mass is 524 g/mol. The molecule has 1 aliphatic rings. The van der Waals surface area contributed by atoms with E-state index in [9.17, 15) is 87.8 Å². The first-order valence-electron chi connectivity index (χ1n) is 6.78. The predicted octanol–water partition coefficient (Wildman–Crippen LogP) is 7.38. The Labute approximate surface area is 160 Å². The minimum atomic E-state index is -8.56. The normalized spacial score (nSPS) is 22.3. The minimum Gasteiger partial charge on any atom is -0.204 e. The fourth-order valence-corrected chi connectivity index (χ4v) is 2.15. The van der Waals surface area contributed by atoms with E-state index in [2.05, 4.69) is 0 Å². The van der Waals surface area contributed by atoms with E-state index in [0.29, 0.717) is 0 Å². The van der Waals surface area contributed by atoms with E-state index in [4.69, 9.17) is 0 Å². The molecule has 32 heavy (non-hydrogen) atoms. The van der Waals surface area contributed by atoms with E-state index in [1.807, 2.05) is 0 Å². The molecule has 188 valence electrons. The second-order valence-electron chi connectivity index (χ2n) is 5.84. The summed E-state index contributed by atoms with van der Waals surface area (Å²) >= 11 is 0. The first-order valence-corrected chi connectivity index (χ1v) is 6.78. The van der Waals surface area contributed by atoms with Gasteiger partial charge in [-0.1, -0.05) is 0 Å². The van der Waals surface area contributed by atoms with Gasteiger partial charge in [-0.05, 0) is 0 Å². The Morgan fingerprint density at radius 3 is 1.25 bits per heavy atom. The van der Waals surface area contributed by atoms with Crippen LogP contribution in [-0.2, 0) is 0 Å². The number of allylic oxidation sites excluding steroid dienone is 3. The van der Waals surface area contributed by atoms with Crippen LogP contribution in [0.15, 0.2) is 23.1 Å². The predicted molar refractivity (Wildman–Crippen MR) is 58.1 cm³/mol. The van der Waals surface area contributed by atoms with Gasteiger partial charge in [0.1, 0.15) is 5.57 Å². The maximum absolute atomic E-state index is 13.8. The number of halogens is 20. The summed E-state index contributed by atoms with van der Waals surface area (Å²) < 4.78 is 260. The molecule has 0 radical (unpaired) electrons. The van der Waals surface area contributed by atoms with Gasteiger partial charge in [-0.2, -0.15) is 83.4 Å². The highest BCUT2D eigenvalue weighted by molar-refractivity contribution is 5.53. The van der Waals surface area contributed by atoms with Crippen LogP contribution in [0, 0.1) is 0 Å². The molecule has 0 amide bonds. The van der Waals surface area contributed by atoms with Gasteiger partial charge in [0.25, 0.3) is 6.08 Å². The molecule has 0 atom stereocenters. The van der Waals surface area contributed by atoms with Gasteiger partial charge < -0.3 is 0 Å². The summed E-state index contributed by atoms with van der Waals surface area (Å²) in [4.78, 5) is 0. The smallest absolute Gasteiger partial charge is 0.204 e. The van der Waals surface area contributed by atoms with Gasteiger partial charge in [-0.15, -0.1) is 0 Å². The summed E-state index contributed by atoms with van der Waals surface area (Å²) in [5.41, 5.74) is -9.80. The van der Waals surface area contributed by atoms with Crippen molar-refractivity contribution in [1.29, 1.82) is 0 Å². The molecule has 0 fully saturated rings. The molecule has 0 unspecified atom stereocenters. The lowest BCUT2D eigenvalue weighted by Gasteiger charge is -2.43. The molecule has 0 aliphatic heterocycles. The molecule has 0 N–H and O–H groups in total. The molecule has 1 aliphatic carbocycles. The van der Waals surface area contributed by atoms with Gasteiger partial charge in [0, 0.05) is 0 Å². The van der Waals surface area contributed by atoms with Crippen molar-refractivity contribution in [1.82, 2.24) is 0 Å². The number of hydrogen-bond acceptors (Lipinski definition) is 0. The molecule has 0 heterocycles. The van der Waals surface area contributed by atoms with Crippen LogP contribution in [0.4, 0.5) is 87.8 Å². The van der Waals surface area contributed by atoms with Crippen LogP contribution in [-0.4, -0.2) is 47.6 Å². The van der Waals surface area contributed by atoms with Crippen molar-refractivity contribution in [3.63, 3.8) is 0 Å². The average Bonchev–Trinajstić information content (AvgIpc) is 2.55. The quantitative estimate of drug-likeness (QED) is 0.337. The Morgan fingerprint density at radius 2 is 0.938 bits per heavy atom. The Bertz CT molecular complexity index is 831. The topological polar surface area (TPSA) is 0 Å². The van der Waals surface area contributed by atoms with Crippen LogP contribution in [0.5, 0.6) is 0 Å². The first-order chi connectivity index (χ1) is 13.6. The lowest BCUT2D eigenvalue weighted by Crippen LogP contribution is -2.68. The maximum Gasteiger partial charge on any atom is 0.460 e. The molecule has 0 bridgehead atoms. The molecular weight excluding hydrogens is 524 g/mol. The molecule has 0 aromatic carbocycles. The summed E-state index contributed by atoms with van der Waals surface area (Å²) in [5, 5.41) is 0. The van der Waals surface area contributed by atoms with E-state index >= 15 is 0 Å². The lowest BCUT2D eigenvalue weighted by molar-refractivity contribution is -0.418. The maximum atomic E-state index is 13.8. The van der Waals surface area contributed by atoms with Crippen LogP contribution in [0.25, 0.3) is 0 Å². The molecule has 0 aromatic heterocycles. The SMILES string of the molecule is FC(F)=C1C(C(F)(F)C(F)(F)C(F)(F)C(F)(F)C(F)(F)F)=C(F)C(F)(F)C(F)(F)C1(F)F. The fraction of sp³-hybridized carbons (Fsp3) is 0.667. The molecule has 0 saturated heterocycles. The summed E-state index contributed by atoms with van der Waals surface area (Å²) in [7, 11) is 0. The van der Waals surface area contributed by atoms with Gasteiger partial charge >= 0.3 is 47.6 Å². The van der Waals surface area contributed by atoms with Gasteiger partial charge in [-0.3, -0.25) is 0 Å². The van der Waals surface area contributed by atoms with Crippen LogP contribution < -0.4 is 0 Å². The highest BCUT2D eigenvalue weighted by atomic mass is 19.4. The van der Waals surface area contributed by atoms with Gasteiger partial charge in [0.2, 0.25) is 0 Å². The highest BCUT2D eigenvalue weighted by Crippen LogP contribution is 2.66. The van der Waals surface area contributed by atoms with Crippen LogP contribution in [0.1, 0.15) is 0 Å². The highest BCUT2D eigenvalue weighted by Gasteiger charge is 2.90. The van der Waals surface area contributed by atoms with E-state index in [0.717, 1.165) is 0 Å². The number of rotatable bonds is 4. The fourth-order valence-electron chi connectivity index (χ4n) is 2.15. The summed E-state index contributed by atoms with van der Waals surface area (Å²) in [6.45, 7) is 0. The van der Waals surface area contributed by atoms with Crippen LogP contribution in [0.2, 0.25) is 0 Å². The van der Waals surface area contributed by atoms with Gasteiger partial charge in [0.15, 0.2) is 5.83 Å². The molecule has 0 aromatic rings. The number of alkyl halides is 17. The van der Waals surface area contributed by atoms with Crippen LogP contribution >= 0.6 is 0 Å². The van der Waals surface area contributed by atoms with Crippen LogP contribution in [0.3, 0.4) is 0 Å². The van der Waals surface area contributed by atoms with Crippen molar-refractivity contribution in [3.8, 4) is 0 Å². The zero-order chi connectivity index (χ0) is 26.3. The van der Waals surface area contributed by atoms with Gasteiger partial charge in [0.05, 0.1) is 5.57 Å². The average molecular weight is 524 g/mol. The lowest BCUT2D eigenvalue weighted by atomic mass is 9.78. The van der Waals surface area contributed by atoms with Crippen molar-refractivity contribution < 1.29 is 87.8 Å². The van der Waals surface area contributed by atoms with Crippen molar-refractivity contribution in [2.24, 2.45) is 0 Å². The Morgan fingerprint density at radius 1 is 0.562 bits per heavy atom. The Hall–Kier alpha value is -1.92. The standard InChI is InChI=1S/C12F20/c13-3-1(2(4(14)15)6(18,19)8(22,23)7(3,20)21)5(16,17)9(24,25)10(26,27)11(28,29)12(30,31)32. The third-order valence-electron chi connectivity index (χ3n) is 3.89. The van der Waals surface area contributed by atoms with Crippen molar-refractivity contribution in [3.05, 3.63) is 23.1 Å². The largest absolute Gasteiger partial charge is 0.460 e. The summed E-state index contributed by atoms with van der Waals surface area (Å²) in [6, 6.07) is 0. The second-order valence-corrected chi connectivity index (χ2v) is 5.84. The van der Waals surface area contributed by atoms with Gasteiger partial charge in [-0.25, -0.2) is 4.39 Å². The molecule has 20 heteroatoms. The van der Waals surface area contributed by atoms with Crippen molar-refractivity contribution >= 4 is 0 Å².